The second kappa shape index (κ2) is 6.57. The van der Waals surface area contributed by atoms with Gasteiger partial charge in [-0.2, -0.15) is 0 Å². The number of piperazine rings is 1. The molecule has 1 N–H and O–H groups in total. The Kier molecular flexibility index (Phi) is 4.80. The van der Waals surface area contributed by atoms with Crippen molar-refractivity contribution in [1.82, 2.24) is 10.2 Å². The summed E-state index contributed by atoms with van der Waals surface area (Å²) in [6.45, 7) is 7.24. The maximum Gasteiger partial charge on any atom is 0.254 e. The van der Waals surface area contributed by atoms with Gasteiger partial charge in [0.2, 0.25) is 0 Å². The third kappa shape index (κ3) is 3.70. The van der Waals surface area contributed by atoms with Gasteiger partial charge >= 0.3 is 0 Å². The van der Waals surface area contributed by atoms with Crippen LogP contribution in [0.4, 0.5) is 0 Å². The first-order chi connectivity index (χ1) is 9.20. The molecule has 4 heteroatoms. The zero-order valence-electron chi connectivity index (χ0n) is 11.7. The Morgan fingerprint density at radius 3 is 3.11 bits per heavy atom. The summed E-state index contributed by atoms with van der Waals surface area (Å²) in [5.74, 6) is 0.867. The number of carbonyl (C=O) groups is 1. The van der Waals surface area contributed by atoms with E-state index < -0.39 is 0 Å². The van der Waals surface area contributed by atoms with Crippen LogP contribution in [0.5, 0.6) is 5.75 Å². The molecule has 1 atom stereocenters. The largest absolute Gasteiger partial charge is 0.494 e. The Morgan fingerprint density at radius 1 is 1.53 bits per heavy atom. The fraction of sp³-hybridized carbons (Fsp3) is 0.533. The van der Waals surface area contributed by atoms with Gasteiger partial charge in [0.15, 0.2) is 0 Å². The monoisotopic (exact) mass is 262 g/mol. The fourth-order valence-electron chi connectivity index (χ4n) is 2.24. The van der Waals surface area contributed by atoms with E-state index in [0.29, 0.717) is 18.2 Å². The summed E-state index contributed by atoms with van der Waals surface area (Å²) in [6.07, 6.45) is 0.966. The molecule has 0 unspecified atom stereocenters. The second-order valence-corrected chi connectivity index (χ2v) is 4.98. The molecule has 0 spiro atoms. The SMILES string of the molecule is CCCOc1cccc(C(=O)N2CCN[C@@H](C)C2)c1. The van der Waals surface area contributed by atoms with E-state index in [1.807, 2.05) is 29.2 Å². The summed E-state index contributed by atoms with van der Waals surface area (Å²) in [4.78, 5) is 14.3. The van der Waals surface area contributed by atoms with Crippen LogP contribution in [0.15, 0.2) is 24.3 Å². The minimum Gasteiger partial charge on any atom is -0.494 e. The van der Waals surface area contributed by atoms with Crippen LogP contribution >= 0.6 is 0 Å². The Balaban J connectivity index is 2.05. The van der Waals surface area contributed by atoms with Crippen LogP contribution in [0.3, 0.4) is 0 Å². The van der Waals surface area contributed by atoms with E-state index in [1.165, 1.54) is 0 Å². The van der Waals surface area contributed by atoms with Gasteiger partial charge in [-0.15, -0.1) is 0 Å². The highest BCUT2D eigenvalue weighted by molar-refractivity contribution is 5.94. The third-order valence-corrected chi connectivity index (χ3v) is 3.21. The van der Waals surface area contributed by atoms with Gasteiger partial charge < -0.3 is 15.0 Å². The van der Waals surface area contributed by atoms with Gasteiger partial charge in [0, 0.05) is 31.2 Å². The molecule has 1 aromatic rings. The van der Waals surface area contributed by atoms with Crippen LogP contribution in [0.1, 0.15) is 30.6 Å². The molecule has 0 aromatic heterocycles. The van der Waals surface area contributed by atoms with Crippen molar-refractivity contribution >= 4 is 5.91 Å². The van der Waals surface area contributed by atoms with Crippen LogP contribution in [0, 0.1) is 0 Å². The Morgan fingerprint density at radius 2 is 2.37 bits per heavy atom. The van der Waals surface area contributed by atoms with E-state index >= 15 is 0 Å². The Labute approximate surface area is 114 Å². The first-order valence-electron chi connectivity index (χ1n) is 6.96. The maximum atomic E-state index is 12.4. The number of rotatable bonds is 4. The molecule has 1 heterocycles. The predicted octanol–water partition coefficient (Wildman–Crippen LogP) is 1.91. The molecule has 104 valence electrons. The van der Waals surface area contributed by atoms with Gasteiger partial charge in [-0.25, -0.2) is 0 Å². The maximum absolute atomic E-state index is 12.4. The average Bonchev–Trinajstić information content (AvgIpc) is 2.44. The van der Waals surface area contributed by atoms with Gasteiger partial charge in [0.05, 0.1) is 6.61 Å². The first kappa shape index (κ1) is 13.9. The lowest BCUT2D eigenvalue weighted by atomic mass is 10.1. The highest BCUT2D eigenvalue weighted by Gasteiger charge is 2.21. The number of nitrogens with zero attached hydrogens (tertiary/aromatic N) is 1. The molecule has 1 fully saturated rings. The topological polar surface area (TPSA) is 41.6 Å². The minimum absolute atomic E-state index is 0.0929. The molecule has 0 saturated carbocycles. The van der Waals surface area contributed by atoms with E-state index in [2.05, 4.69) is 19.2 Å². The van der Waals surface area contributed by atoms with Gasteiger partial charge in [0.25, 0.3) is 5.91 Å². The van der Waals surface area contributed by atoms with Crippen LogP contribution in [0.2, 0.25) is 0 Å². The summed E-state index contributed by atoms with van der Waals surface area (Å²) < 4.78 is 5.57. The zero-order chi connectivity index (χ0) is 13.7. The Bertz CT molecular complexity index is 434. The third-order valence-electron chi connectivity index (χ3n) is 3.21. The molecule has 19 heavy (non-hydrogen) atoms. The van der Waals surface area contributed by atoms with Gasteiger partial charge in [0.1, 0.15) is 5.75 Å². The van der Waals surface area contributed by atoms with Crippen molar-refractivity contribution in [1.29, 1.82) is 0 Å². The lowest BCUT2D eigenvalue weighted by Crippen LogP contribution is -2.51. The Hall–Kier alpha value is -1.55. The van der Waals surface area contributed by atoms with Crippen molar-refractivity contribution in [3.05, 3.63) is 29.8 Å². The smallest absolute Gasteiger partial charge is 0.254 e. The summed E-state index contributed by atoms with van der Waals surface area (Å²) in [7, 11) is 0. The normalized spacial score (nSPS) is 19.3. The quantitative estimate of drug-likeness (QED) is 0.901. The summed E-state index contributed by atoms with van der Waals surface area (Å²) in [5.41, 5.74) is 0.711. The zero-order valence-corrected chi connectivity index (χ0v) is 11.7. The highest BCUT2D eigenvalue weighted by atomic mass is 16.5. The molecule has 1 amide bonds. The number of hydrogen-bond donors (Lipinski definition) is 1. The van der Waals surface area contributed by atoms with Crippen LogP contribution in [-0.2, 0) is 0 Å². The first-order valence-corrected chi connectivity index (χ1v) is 6.96. The van der Waals surface area contributed by atoms with E-state index in [-0.39, 0.29) is 5.91 Å². The van der Waals surface area contributed by atoms with E-state index in [0.717, 1.165) is 31.8 Å². The summed E-state index contributed by atoms with van der Waals surface area (Å²) in [5, 5.41) is 3.34. The molecule has 1 aliphatic heterocycles. The van der Waals surface area contributed by atoms with Crippen molar-refractivity contribution in [3.63, 3.8) is 0 Å². The van der Waals surface area contributed by atoms with Crippen molar-refractivity contribution in [2.45, 2.75) is 26.3 Å². The standard InChI is InChI=1S/C15H22N2O2/c1-3-9-19-14-6-4-5-13(10-14)15(18)17-8-7-16-12(2)11-17/h4-6,10,12,16H,3,7-9,11H2,1-2H3/t12-/m0/s1. The minimum atomic E-state index is 0.0929. The molecule has 0 radical (unpaired) electrons. The number of hydrogen-bond acceptors (Lipinski definition) is 3. The molecule has 2 rings (SSSR count). The van der Waals surface area contributed by atoms with E-state index in [9.17, 15) is 4.79 Å². The molecule has 0 aliphatic carbocycles. The molecular formula is C15H22N2O2. The predicted molar refractivity (Wildman–Crippen MR) is 75.6 cm³/mol. The second-order valence-electron chi connectivity index (χ2n) is 4.98. The van der Waals surface area contributed by atoms with E-state index in [4.69, 9.17) is 4.74 Å². The lowest BCUT2D eigenvalue weighted by molar-refractivity contribution is 0.0708. The van der Waals surface area contributed by atoms with Crippen molar-refractivity contribution < 1.29 is 9.53 Å². The van der Waals surface area contributed by atoms with Gasteiger partial charge in [-0.1, -0.05) is 13.0 Å². The van der Waals surface area contributed by atoms with Crippen LogP contribution in [-0.4, -0.2) is 43.1 Å². The molecule has 1 aliphatic rings. The van der Waals surface area contributed by atoms with Gasteiger partial charge in [-0.05, 0) is 31.5 Å². The summed E-state index contributed by atoms with van der Waals surface area (Å²) in [6, 6.07) is 7.83. The molecule has 1 aromatic carbocycles. The van der Waals surface area contributed by atoms with Crippen LogP contribution < -0.4 is 10.1 Å². The number of ether oxygens (including phenoxy) is 1. The molecule has 0 bridgehead atoms. The molecule has 1 saturated heterocycles. The van der Waals surface area contributed by atoms with E-state index in [1.54, 1.807) is 0 Å². The van der Waals surface area contributed by atoms with Gasteiger partial charge in [-0.3, -0.25) is 4.79 Å². The fourth-order valence-corrected chi connectivity index (χ4v) is 2.24. The lowest BCUT2D eigenvalue weighted by Gasteiger charge is -2.32. The molecular weight excluding hydrogens is 240 g/mol. The number of amides is 1. The van der Waals surface area contributed by atoms with Crippen LogP contribution in [0.25, 0.3) is 0 Å². The number of carbonyl (C=O) groups excluding carboxylic acids is 1. The van der Waals surface area contributed by atoms with Crippen molar-refractivity contribution in [2.75, 3.05) is 26.2 Å². The number of nitrogens with one attached hydrogen (secondary N) is 1. The number of benzene rings is 1. The summed E-state index contributed by atoms with van der Waals surface area (Å²) >= 11 is 0. The average molecular weight is 262 g/mol. The molecule has 4 nitrogen and oxygen atoms in total. The highest BCUT2D eigenvalue weighted by Crippen LogP contribution is 2.16. The van der Waals surface area contributed by atoms with Crippen molar-refractivity contribution in [2.24, 2.45) is 0 Å². The van der Waals surface area contributed by atoms with Crippen molar-refractivity contribution in [3.8, 4) is 5.75 Å².